The van der Waals surface area contributed by atoms with Crippen LogP contribution in [-0.4, -0.2) is 16.3 Å². The number of nitrogens with zero attached hydrogens (tertiary/aromatic N) is 2. The molecule has 0 aliphatic carbocycles. The fourth-order valence-corrected chi connectivity index (χ4v) is 3.21. The molecule has 0 saturated carbocycles. The standard InChI is InChI=1S/C16H21BrClN3/c1-3-9-19-16(7-5-13-8-10-20-21(13)2)14-6-4-12(17)11-15(14)18/h4,6,8,10-11,16,19H,3,5,7,9H2,1-2H3. The lowest BCUT2D eigenvalue weighted by Gasteiger charge is -2.20. The Balaban J connectivity index is 2.12. The van der Waals surface area contributed by atoms with Gasteiger partial charge in [-0.2, -0.15) is 5.10 Å². The average molecular weight is 371 g/mol. The maximum Gasteiger partial charge on any atom is 0.0492 e. The van der Waals surface area contributed by atoms with Gasteiger partial charge in [-0.3, -0.25) is 4.68 Å². The molecule has 0 amide bonds. The van der Waals surface area contributed by atoms with E-state index in [1.165, 1.54) is 5.69 Å². The number of rotatable bonds is 7. The number of hydrogen-bond acceptors (Lipinski definition) is 2. The molecule has 2 aromatic rings. The van der Waals surface area contributed by atoms with Gasteiger partial charge in [-0.1, -0.05) is 40.5 Å². The van der Waals surface area contributed by atoms with Crippen LogP contribution in [-0.2, 0) is 13.5 Å². The van der Waals surface area contributed by atoms with Gasteiger partial charge in [-0.05, 0) is 49.6 Å². The molecule has 1 unspecified atom stereocenters. The van der Waals surface area contributed by atoms with Gasteiger partial charge in [-0.15, -0.1) is 0 Å². The minimum Gasteiger partial charge on any atom is -0.310 e. The average Bonchev–Trinajstić information content (AvgIpc) is 2.85. The third kappa shape index (κ3) is 4.56. The normalized spacial score (nSPS) is 12.6. The smallest absolute Gasteiger partial charge is 0.0492 e. The summed E-state index contributed by atoms with van der Waals surface area (Å²) in [5.74, 6) is 0. The number of aromatic nitrogens is 2. The molecule has 1 aromatic heterocycles. The molecular formula is C16H21BrClN3. The van der Waals surface area contributed by atoms with E-state index in [1.54, 1.807) is 0 Å². The quantitative estimate of drug-likeness (QED) is 0.777. The van der Waals surface area contributed by atoms with E-state index in [0.717, 1.165) is 40.9 Å². The molecule has 1 atom stereocenters. The van der Waals surface area contributed by atoms with Crippen molar-refractivity contribution in [2.24, 2.45) is 7.05 Å². The first kappa shape index (κ1) is 16.5. The number of halogens is 2. The maximum atomic E-state index is 6.41. The summed E-state index contributed by atoms with van der Waals surface area (Å²) in [6.07, 6.45) is 4.93. The van der Waals surface area contributed by atoms with Crippen molar-refractivity contribution >= 4 is 27.5 Å². The van der Waals surface area contributed by atoms with E-state index < -0.39 is 0 Å². The Morgan fingerprint density at radius 3 is 2.81 bits per heavy atom. The third-order valence-electron chi connectivity index (χ3n) is 3.59. The summed E-state index contributed by atoms with van der Waals surface area (Å²) in [4.78, 5) is 0. The van der Waals surface area contributed by atoms with E-state index in [1.807, 2.05) is 30.1 Å². The summed E-state index contributed by atoms with van der Waals surface area (Å²) in [7, 11) is 1.98. The second-order valence-electron chi connectivity index (χ2n) is 5.16. The van der Waals surface area contributed by atoms with E-state index >= 15 is 0 Å². The minimum atomic E-state index is 0.264. The van der Waals surface area contributed by atoms with Crippen molar-refractivity contribution < 1.29 is 0 Å². The van der Waals surface area contributed by atoms with Crippen molar-refractivity contribution in [3.63, 3.8) is 0 Å². The Hall–Kier alpha value is -0.840. The van der Waals surface area contributed by atoms with E-state index in [2.05, 4.69) is 45.4 Å². The number of hydrogen-bond donors (Lipinski definition) is 1. The first-order valence-corrected chi connectivity index (χ1v) is 8.44. The first-order valence-electron chi connectivity index (χ1n) is 7.27. The van der Waals surface area contributed by atoms with Gasteiger partial charge < -0.3 is 5.32 Å². The molecule has 5 heteroatoms. The highest BCUT2D eigenvalue weighted by Crippen LogP contribution is 2.29. The summed E-state index contributed by atoms with van der Waals surface area (Å²) in [6, 6.07) is 8.44. The zero-order valence-electron chi connectivity index (χ0n) is 12.4. The van der Waals surface area contributed by atoms with Crippen LogP contribution in [0.3, 0.4) is 0 Å². The summed E-state index contributed by atoms with van der Waals surface area (Å²) in [5.41, 5.74) is 2.40. The summed E-state index contributed by atoms with van der Waals surface area (Å²) in [6.45, 7) is 3.16. The Bertz CT molecular complexity index is 583. The lowest BCUT2D eigenvalue weighted by atomic mass is 10.0. The van der Waals surface area contributed by atoms with Crippen LogP contribution in [0.15, 0.2) is 34.9 Å². The molecule has 0 aliphatic rings. The van der Waals surface area contributed by atoms with Gasteiger partial charge in [0.2, 0.25) is 0 Å². The zero-order valence-corrected chi connectivity index (χ0v) is 14.8. The summed E-state index contributed by atoms with van der Waals surface area (Å²) < 4.78 is 2.94. The molecule has 0 aliphatic heterocycles. The van der Waals surface area contributed by atoms with Crippen molar-refractivity contribution in [1.29, 1.82) is 0 Å². The van der Waals surface area contributed by atoms with E-state index in [0.29, 0.717) is 0 Å². The lowest BCUT2D eigenvalue weighted by Crippen LogP contribution is -2.23. The largest absolute Gasteiger partial charge is 0.310 e. The molecule has 1 aromatic carbocycles. The van der Waals surface area contributed by atoms with Gasteiger partial charge in [0.1, 0.15) is 0 Å². The van der Waals surface area contributed by atoms with E-state index in [9.17, 15) is 0 Å². The van der Waals surface area contributed by atoms with Crippen LogP contribution >= 0.6 is 27.5 Å². The second kappa shape index (κ2) is 7.97. The van der Waals surface area contributed by atoms with Crippen molar-refractivity contribution in [2.75, 3.05) is 6.54 Å². The predicted molar refractivity (Wildman–Crippen MR) is 91.7 cm³/mol. The van der Waals surface area contributed by atoms with Crippen LogP contribution in [0.4, 0.5) is 0 Å². The molecule has 0 spiro atoms. The van der Waals surface area contributed by atoms with Gasteiger partial charge in [-0.25, -0.2) is 0 Å². The number of aryl methyl sites for hydroxylation is 2. The summed E-state index contributed by atoms with van der Waals surface area (Å²) >= 11 is 9.87. The van der Waals surface area contributed by atoms with Crippen LogP contribution in [0.25, 0.3) is 0 Å². The first-order chi connectivity index (χ1) is 10.1. The van der Waals surface area contributed by atoms with E-state index in [-0.39, 0.29) is 6.04 Å². The zero-order chi connectivity index (χ0) is 15.2. The fourth-order valence-electron chi connectivity index (χ4n) is 2.41. The highest BCUT2D eigenvalue weighted by molar-refractivity contribution is 9.10. The molecule has 2 rings (SSSR count). The molecule has 0 radical (unpaired) electrons. The van der Waals surface area contributed by atoms with Crippen molar-refractivity contribution in [3.8, 4) is 0 Å². The number of nitrogens with one attached hydrogen (secondary N) is 1. The predicted octanol–water partition coefficient (Wildman–Crippen LogP) is 4.51. The molecule has 0 bridgehead atoms. The molecule has 3 nitrogen and oxygen atoms in total. The lowest BCUT2D eigenvalue weighted by molar-refractivity contribution is 0.492. The molecule has 114 valence electrons. The fraction of sp³-hybridized carbons (Fsp3) is 0.438. The van der Waals surface area contributed by atoms with Crippen LogP contribution in [0, 0.1) is 0 Å². The second-order valence-corrected chi connectivity index (χ2v) is 6.48. The monoisotopic (exact) mass is 369 g/mol. The molecule has 0 saturated heterocycles. The van der Waals surface area contributed by atoms with Gasteiger partial charge in [0, 0.05) is 34.5 Å². The molecular weight excluding hydrogens is 350 g/mol. The minimum absolute atomic E-state index is 0.264. The van der Waals surface area contributed by atoms with Crippen LogP contribution in [0.1, 0.15) is 37.1 Å². The SMILES string of the molecule is CCCNC(CCc1ccnn1C)c1ccc(Br)cc1Cl. The maximum absolute atomic E-state index is 6.41. The number of benzene rings is 1. The van der Waals surface area contributed by atoms with Gasteiger partial charge in [0.25, 0.3) is 0 Å². The van der Waals surface area contributed by atoms with E-state index in [4.69, 9.17) is 11.6 Å². The summed E-state index contributed by atoms with van der Waals surface area (Å²) in [5, 5.41) is 8.63. The Kier molecular flexibility index (Phi) is 6.27. The molecule has 1 heterocycles. The Labute approximate surface area is 139 Å². The topological polar surface area (TPSA) is 29.9 Å². The van der Waals surface area contributed by atoms with Crippen LogP contribution in [0.2, 0.25) is 5.02 Å². The van der Waals surface area contributed by atoms with Crippen LogP contribution < -0.4 is 5.32 Å². The molecule has 21 heavy (non-hydrogen) atoms. The van der Waals surface area contributed by atoms with Crippen molar-refractivity contribution in [1.82, 2.24) is 15.1 Å². The van der Waals surface area contributed by atoms with Gasteiger partial charge in [0.05, 0.1) is 0 Å². The Morgan fingerprint density at radius 1 is 1.38 bits per heavy atom. The van der Waals surface area contributed by atoms with Crippen LogP contribution in [0.5, 0.6) is 0 Å². The highest BCUT2D eigenvalue weighted by Gasteiger charge is 2.15. The van der Waals surface area contributed by atoms with Gasteiger partial charge in [0.15, 0.2) is 0 Å². The Morgan fingerprint density at radius 2 is 2.19 bits per heavy atom. The van der Waals surface area contributed by atoms with Gasteiger partial charge >= 0.3 is 0 Å². The third-order valence-corrected chi connectivity index (χ3v) is 4.41. The van der Waals surface area contributed by atoms with Crippen molar-refractivity contribution in [3.05, 3.63) is 51.2 Å². The van der Waals surface area contributed by atoms with Crippen molar-refractivity contribution in [2.45, 2.75) is 32.2 Å². The molecule has 0 fully saturated rings. The molecule has 1 N–H and O–H groups in total. The highest BCUT2D eigenvalue weighted by atomic mass is 79.9.